The van der Waals surface area contributed by atoms with Crippen molar-refractivity contribution in [3.05, 3.63) is 11.3 Å². The van der Waals surface area contributed by atoms with Crippen LogP contribution in [0.2, 0.25) is 0 Å². The molecule has 3 aliphatic heterocycles. The maximum absolute atomic E-state index is 12.0. The van der Waals surface area contributed by atoms with Gasteiger partial charge in [-0.1, -0.05) is 5.16 Å². The van der Waals surface area contributed by atoms with Crippen LogP contribution in [0.5, 0.6) is 0 Å². The maximum atomic E-state index is 12.0. The molecular weight excluding hydrogens is 264 g/mol. The van der Waals surface area contributed by atoms with Gasteiger partial charge < -0.3 is 20.0 Å². The Labute approximate surface area is 115 Å². The first-order chi connectivity index (χ1) is 9.41. The number of aliphatic hydroxyl groups is 1. The summed E-state index contributed by atoms with van der Waals surface area (Å²) in [4.78, 5) is 30.0. The second-order valence-corrected chi connectivity index (χ2v) is 5.55. The number of carbonyl (C=O) groups excluding carboxylic acids is 1. The molecule has 3 aliphatic rings. The summed E-state index contributed by atoms with van der Waals surface area (Å²) in [7, 11) is 0. The number of hydrogen-bond acceptors (Lipinski definition) is 5. The highest BCUT2D eigenvalue weighted by molar-refractivity contribution is 6.00. The van der Waals surface area contributed by atoms with Crippen LogP contribution in [0.15, 0.2) is 16.4 Å². The number of fused-ring (bicyclic) bond motifs is 1. The van der Waals surface area contributed by atoms with Gasteiger partial charge in [-0.15, -0.1) is 0 Å². The molecule has 0 aromatic heterocycles. The minimum Gasteiger partial charge on any atom is -0.477 e. The van der Waals surface area contributed by atoms with E-state index in [4.69, 9.17) is 4.84 Å². The van der Waals surface area contributed by atoms with Crippen LogP contribution in [0.3, 0.4) is 0 Å². The average molecular weight is 280 g/mol. The quantitative estimate of drug-likeness (QED) is 0.714. The number of oxime groups is 1. The van der Waals surface area contributed by atoms with Crippen LogP contribution >= 0.6 is 0 Å². The van der Waals surface area contributed by atoms with Gasteiger partial charge in [0, 0.05) is 12.0 Å². The summed E-state index contributed by atoms with van der Waals surface area (Å²) in [6.07, 6.45) is -0.217. The molecule has 7 heteroatoms. The Morgan fingerprint density at radius 2 is 2.20 bits per heavy atom. The van der Waals surface area contributed by atoms with E-state index in [0.717, 1.165) is 5.71 Å². The minimum absolute atomic E-state index is 0.00630. The molecule has 1 unspecified atom stereocenters. The minimum atomic E-state index is -1.13. The first-order valence-corrected chi connectivity index (χ1v) is 6.58. The summed E-state index contributed by atoms with van der Waals surface area (Å²) in [5.41, 5.74) is 1.41. The fourth-order valence-electron chi connectivity index (χ4n) is 3.27. The van der Waals surface area contributed by atoms with Crippen molar-refractivity contribution in [1.82, 2.24) is 4.90 Å². The molecule has 0 aromatic carbocycles. The maximum Gasteiger partial charge on any atom is 0.352 e. The van der Waals surface area contributed by atoms with Gasteiger partial charge in [-0.2, -0.15) is 0 Å². The Hall–Kier alpha value is -1.89. The molecule has 4 atom stereocenters. The van der Waals surface area contributed by atoms with Crippen LogP contribution in [0, 0.1) is 5.92 Å². The van der Waals surface area contributed by atoms with Crippen molar-refractivity contribution in [1.29, 1.82) is 0 Å². The van der Waals surface area contributed by atoms with E-state index < -0.39 is 24.1 Å². The van der Waals surface area contributed by atoms with Crippen molar-refractivity contribution in [2.45, 2.75) is 44.9 Å². The van der Waals surface area contributed by atoms with Gasteiger partial charge >= 0.3 is 5.97 Å². The molecule has 0 spiro atoms. The van der Waals surface area contributed by atoms with Crippen LogP contribution in [0.25, 0.3) is 0 Å². The number of hydrogen-bond donors (Lipinski definition) is 2. The van der Waals surface area contributed by atoms with Crippen LogP contribution in [0.1, 0.15) is 26.7 Å². The lowest BCUT2D eigenvalue weighted by Crippen LogP contribution is -2.61. The van der Waals surface area contributed by atoms with E-state index >= 15 is 0 Å². The summed E-state index contributed by atoms with van der Waals surface area (Å²) < 4.78 is 0. The lowest BCUT2D eigenvalue weighted by molar-refractivity contribution is -0.161. The lowest BCUT2D eigenvalue weighted by Gasteiger charge is -2.44. The first kappa shape index (κ1) is 13.1. The molecule has 20 heavy (non-hydrogen) atoms. The van der Waals surface area contributed by atoms with Gasteiger partial charge in [-0.05, 0) is 20.3 Å². The molecule has 3 heterocycles. The van der Waals surface area contributed by atoms with Crippen LogP contribution < -0.4 is 0 Å². The third kappa shape index (κ3) is 1.66. The highest BCUT2D eigenvalue weighted by Gasteiger charge is 2.57. The summed E-state index contributed by atoms with van der Waals surface area (Å²) >= 11 is 0. The molecular formula is C13H16N2O5. The number of aliphatic hydroxyl groups excluding tert-OH is 1. The second kappa shape index (κ2) is 4.31. The molecule has 0 aliphatic carbocycles. The number of carbonyl (C=O) groups is 2. The average Bonchev–Trinajstić information content (AvgIpc) is 2.90. The standard InChI is InChI=1S/C13H16N2O5/c1-5-3-9(20-14-5)7-4-8-10(6(2)16)12(17)15(8)11(7)13(18)19/h6,8-10,16H,3-4H2,1-2H3,(H,18,19)/t6-,8-,9?,10-/m1/s1. The van der Waals surface area contributed by atoms with Gasteiger partial charge in [0.15, 0.2) is 6.10 Å². The molecule has 1 fully saturated rings. The molecule has 2 N–H and O–H groups in total. The summed E-state index contributed by atoms with van der Waals surface area (Å²) in [6, 6.07) is -0.270. The molecule has 0 bridgehead atoms. The Balaban J connectivity index is 1.90. The van der Waals surface area contributed by atoms with E-state index in [1.54, 1.807) is 6.92 Å². The summed E-state index contributed by atoms with van der Waals surface area (Å²) in [5, 5.41) is 22.8. The number of aliphatic carboxylic acids is 1. The third-order valence-corrected chi connectivity index (χ3v) is 4.17. The van der Waals surface area contributed by atoms with Gasteiger partial charge in [0.1, 0.15) is 5.70 Å². The molecule has 108 valence electrons. The summed E-state index contributed by atoms with van der Waals surface area (Å²) in [6.45, 7) is 3.37. The van der Waals surface area contributed by atoms with Gasteiger partial charge in [-0.3, -0.25) is 4.79 Å². The number of rotatable bonds is 3. The molecule has 7 nitrogen and oxygen atoms in total. The van der Waals surface area contributed by atoms with Crippen LogP contribution in [-0.2, 0) is 14.4 Å². The Morgan fingerprint density at radius 1 is 1.50 bits per heavy atom. The van der Waals surface area contributed by atoms with Gasteiger partial charge in [0.05, 0.1) is 23.8 Å². The van der Waals surface area contributed by atoms with Crippen molar-refractivity contribution < 1.29 is 24.6 Å². The molecule has 1 amide bonds. The SMILES string of the molecule is CC1=NOC(C2=C(C(=O)O)N3C(=O)[C@H]([C@@H](C)O)[C@H]3C2)C1. The highest BCUT2D eigenvalue weighted by atomic mass is 16.6. The Morgan fingerprint density at radius 3 is 2.70 bits per heavy atom. The number of nitrogens with zero attached hydrogens (tertiary/aromatic N) is 2. The van der Waals surface area contributed by atoms with Gasteiger partial charge in [0.2, 0.25) is 5.91 Å². The Kier molecular flexibility index (Phi) is 2.82. The van der Waals surface area contributed by atoms with Crippen molar-refractivity contribution in [3.63, 3.8) is 0 Å². The van der Waals surface area contributed by atoms with E-state index in [1.165, 1.54) is 4.90 Å². The van der Waals surface area contributed by atoms with E-state index in [1.807, 2.05) is 6.92 Å². The summed E-state index contributed by atoms with van der Waals surface area (Å²) in [5.74, 6) is -1.98. The zero-order valence-electron chi connectivity index (χ0n) is 11.2. The molecule has 3 rings (SSSR count). The first-order valence-electron chi connectivity index (χ1n) is 6.58. The third-order valence-electron chi connectivity index (χ3n) is 4.17. The smallest absolute Gasteiger partial charge is 0.352 e. The zero-order chi connectivity index (χ0) is 14.6. The molecule has 1 saturated heterocycles. The highest BCUT2D eigenvalue weighted by Crippen LogP contribution is 2.45. The Bertz CT molecular complexity index is 551. The van der Waals surface area contributed by atoms with Crippen molar-refractivity contribution in [3.8, 4) is 0 Å². The molecule has 0 saturated carbocycles. The zero-order valence-corrected chi connectivity index (χ0v) is 11.2. The van der Waals surface area contributed by atoms with Crippen LogP contribution in [0.4, 0.5) is 0 Å². The van der Waals surface area contributed by atoms with Gasteiger partial charge in [0.25, 0.3) is 0 Å². The molecule has 0 radical (unpaired) electrons. The van der Waals surface area contributed by atoms with E-state index in [0.29, 0.717) is 18.4 Å². The predicted octanol–water partition coefficient (Wildman–Crippen LogP) is 0.101. The number of β-lactam (4-membered cyclic amide) rings is 1. The van der Waals surface area contributed by atoms with E-state index in [2.05, 4.69) is 5.16 Å². The number of amides is 1. The van der Waals surface area contributed by atoms with E-state index in [-0.39, 0.29) is 17.6 Å². The number of carboxylic acids is 1. The molecule has 0 aromatic rings. The van der Waals surface area contributed by atoms with Gasteiger partial charge in [-0.25, -0.2) is 4.79 Å². The second-order valence-electron chi connectivity index (χ2n) is 5.55. The van der Waals surface area contributed by atoms with Crippen molar-refractivity contribution >= 4 is 17.6 Å². The normalized spacial score (nSPS) is 33.5. The van der Waals surface area contributed by atoms with Crippen molar-refractivity contribution in [2.24, 2.45) is 11.1 Å². The fourth-order valence-corrected chi connectivity index (χ4v) is 3.27. The fraction of sp³-hybridized carbons (Fsp3) is 0.615. The van der Waals surface area contributed by atoms with Crippen molar-refractivity contribution in [2.75, 3.05) is 0 Å². The topological polar surface area (TPSA) is 99.4 Å². The predicted molar refractivity (Wildman–Crippen MR) is 67.7 cm³/mol. The van der Waals surface area contributed by atoms with Crippen LogP contribution in [-0.4, -0.2) is 51.0 Å². The largest absolute Gasteiger partial charge is 0.477 e. The van der Waals surface area contributed by atoms with E-state index in [9.17, 15) is 19.8 Å². The number of carboxylic acid groups (broad SMARTS) is 1. The lowest BCUT2D eigenvalue weighted by atomic mass is 9.82. The monoisotopic (exact) mass is 280 g/mol.